The number of carbonyl (C=O) groups is 3. The van der Waals surface area contributed by atoms with Crippen LogP contribution in [-0.4, -0.2) is 38.2 Å². The van der Waals surface area contributed by atoms with Gasteiger partial charge in [0.15, 0.2) is 0 Å². The lowest BCUT2D eigenvalue weighted by Gasteiger charge is -2.19. The third-order valence-electron chi connectivity index (χ3n) is 4.95. The molecule has 0 spiro atoms. The largest absolute Gasteiger partial charge is 0.480 e. The number of para-hydroxylation sites is 1. The Morgan fingerprint density at radius 3 is 2.47 bits per heavy atom. The van der Waals surface area contributed by atoms with Gasteiger partial charge in [-0.05, 0) is 30.7 Å². The van der Waals surface area contributed by atoms with Gasteiger partial charge in [-0.2, -0.15) is 0 Å². The fraction of sp³-hybridized carbons (Fsp3) is 0.143. The van der Waals surface area contributed by atoms with E-state index in [9.17, 15) is 19.5 Å². The lowest BCUT2D eigenvalue weighted by atomic mass is 10.1. The number of thiocarbonyl (C=S) groups is 1. The summed E-state index contributed by atoms with van der Waals surface area (Å²) in [6, 6.07) is 13.3. The average molecular weight is 459 g/mol. The van der Waals surface area contributed by atoms with Crippen LogP contribution in [0.5, 0.6) is 0 Å². The molecule has 9 heteroatoms. The summed E-state index contributed by atoms with van der Waals surface area (Å²) in [5.41, 5.74) is 2.44. The Balaban J connectivity index is 1.77. The lowest BCUT2D eigenvalue weighted by molar-refractivity contribution is -0.144. The molecule has 2 aromatic carbocycles. The van der Waals surface area contributed by atoms with Crippen LogP contribution in [0.3, 0.4) is 0 Å². The van der Waals surface area contributed by atoms with Gasteiger partial charge in [0.2, 0.25) is 0 Å². The highest BCUT2D eigenvalue weighted by molar-refractivity contribution is 8.26. The van der Waals surface area contributed by atoms with Gasteiger partial charge < -0.3 is 10.0 Å². The molecular formula is C21H15ClN2O4S2. The molecule has 6 nitrogen and oxygen atoms in total. The van der Waals surface area contributed by atoms with Crippen LogP contribution in [0.1, 0.15) is 18.1 Å². The van der Waals surface area contributed by atoms with Crippen molar-refractivity contribution in [1.82, 2.24) is 4.90 Å². The van der Waals surface area contributed by atoms with E-state index in [1.54, 1.807) is 29.2 Å². The van der Waals surface area contributed by atoms with Crippen LogP contribution >= 0.6 is 35.6 Å². The Morgan fingerprint density at radius 1 is 1.13 bits per heavy atom. The molecule has 1 atom stereocenters. The van der Waals surface area contributed by atoms with Crippen LogP contribution in [0.25, 0.3) is 5.57 Å². The first kappa shape index (κ1) is 20.6. The van der Waals surface area contributed by atoms with Gasteiger partial charge in [-0.15, -0.1) is 0 Å². The van der Waals surface area contributed by atoms with Crippen molar-refractivity contribution >= 4 is 68.9 Å². The Morgan fingerprint density at radius 2 is 1.80 bits per heavy atom. The predicted molar refractivity (Wildman–Crippen MR) is 120 cm³/mol. The molecule has 1 fully saturated rings. The Hall–Kier alpha value is -2.68. The minimum Gasteiger partial charge on any atom is -0.480 e. The molecule has 2 amide bonds. The average Bonchev–Trinajstić information content (AvgIpc) is 3.16. The number of halogens is 1. The fourth-order valence-corrected chi connectivity index (χ4v) is 5.02. The minimum absolute atomic E-state index is 0.124. The molecule has 2 aliphatic rings. The Bertz CT molecular complexity index is 1130. The van der Waals surface area contributed by atoms with Gasteiger partial charge in [0, 0.05) is 10.6 Å². The van der Waals surface area contributed by atoms with E-state index >= 15 is 0 Å². The van der Waals surface area contributed by atoms with Crippen molar-refractivity contribution < 1.29 is 19.5 Å². The van der Waals surface area contributed by atoms with Gasteiger partial charge in [-0.1, -0.05) is 65.9 Å². The number of benzene rings is 2. The Kier molecular flexibility index (Phi) is 5.40. The third-order valence-corrected chi connectivity index (χ3v) is 6.60. The number of rotatable bonds is 4. The lowest BCUT2D eigenvalue weighted by Crippen LogP contribution is -2.41. The summed E-state index contributed by atoms with van der Waals surface area (Å²) in [5, 5.41) is 9.90. The molecule has 2 aromatic rings. The van der Waals surface area contributed by atoms with E-state index in [4.69, 9.17) is 23.8 Å². The Labute approximate surface area is 187 Å². The van der Waals surface area contributed by atoms with Crippen LogP contribution in [0.15, 0.2) is 53.4 Å². The van der Waals surface area contributed by atoms with Crippen LogP contribution in [-0.2, 0) is 20.9 Å². The molecular weight excluding hydrogens is 444 g/mol. The molecule has 0 aromatic heterocycles. The molecule has 1 N–H and O–H groups in total. The first-order valence-electron chi connectivity index (χ1n) is 8.97. The van der Waals surface area contributed by atoms with E-state index in [0.29, 0.717) is 22.8 Å². The SMILES string of the molecule is CC(C(=O)O)N1C(=O)/C(=C2/C(=O)N(Cc3ccc(Cl)cc3)c3ccccc32)SC1=S. The number of thioether (sulfide) groups is 1. The number of carboxylic acids is 1. The third kappa shape index (κ3) is 3.40. The van der Waals surface area contributed by atoms with E-state index in [0.717, 1.165) is 22.2 Å². The first-order chi connectivity index (χ1) is 14.3. The summed E-state index contributed by atoms with van der Waals surface area (Å²) in [4.78, 5) is 40.6. The molecule has 2 heterocycles. The highest BCUT2D eigenvalue weighted by Crippen LogP contribution is 2.45. The normalized spacial score (nSPS) is 19.5. The number of hydrogen-bond donors (Lipinski definition) is 1. The molecule has 2 aliphatic heterocycles. The zero-order valence-electron chi connectivity index (χ0n) is 15.7. The molecule has 1 saturated heterocycles. The highest BCUT2D eigenvalue weighted by Gasteiger charge is 2.44. The summed E-state index contributed by atoms with van der Waals surface area (Å²) in [5.74, 6) is -2.05. The summed E-state index contributed by atoms with van der Waals surface area (Å²) in [7, 11) is 0. The van der Waals surface area contributed by atoms with E-state index in [1.807, 2.05) is 24.3 Å². The molecule has 0 aliphatic carbocycles. The van der Waals surface area contributed by atoms with Crippen LogP contribution < -0.4 is 4.90 Å². The van der Waals surface area contributed by atoms with Crippen molar-refractivity contribution in [3.8, 4) is 0 Å². The summed E-state index contributed by atoms with van der Waals surface area (Å²) < 4.78 is 0.124. The molecule has 0 bridgehead atoms. The van der Waals surface area contributed by atoms with E-state index in [-0.39, 0.29) is 20.7 Å². The van der Waals surface area contributed by atoms with Gasteiger partial charge >= 0.3 is 5.97 Å². The molecule has 30 heavy (non-hydrogen) atoms. The number of fused-ring (bicyclic) bond motifs is 1. The summed E-state index contributed by atoms with van der Waals surface area (Å²) in [6.45, 7) is 1.69. The second-order valence-corrected chi connectivity index (χ2v) is 8.88. The number of carbonyl (C=O) groups excluding carboxylic acids is 2. The van der Waals surface area contributed by atoms with Gasteiger partial charge in [0.25, 0.3) is 11.8 Å². The quantitative estimate of drug-likeness (QED) is 0.552. The maximum Gasteiger partial charge on any atom is 0.326 e. The van der Waals surface area contributed by atoms with Crippen molar-refractivity contribution in [2.24, 2.45) is 0 Å². The number of hydrogen-bond acceptors (Lipinski definition) is 5. The van der Waals surface area contributed by atoms with Crippen molar-refractivity contribution in [3.63, 3.8) is 0 Å². The van der Waals surface area contributed by atoms with Crippen molar-refractivity contribution in [3.05, 3.63) is 69.6 Å². The van der Waals surface area contributed by atoms with Gasteiger partial charge in [0.05, 0.1) is 22.7 Å². The predicted octanol–water partition coefficient (Wildman–Crippen LogP) is 3.93. The van der Waals surface area contributed by atoms with Crippen LogP contribution in [0.4, 0.5) is 5.69 Å². The van der Waals surface area contributed by atoms with Crippen molar-refractivity contribution in [2.75, 3.05) is 4.90 Å². The zero-order valence-corrected chi connectivity index (χ0v) is 18.1. The fourth-order valence-electron chi connectivity index (χ4n) is 3.40. The maximum atomic E-state index is 13.4. The topological polar surface area (TPSA) is 77.9 Å². The van der Waals surface area contributed by atoms with Gasteiger partial charge in [-0.3, -0.25) is 14.5 Å². The maximum absolute atomic E-state index is 13.4. The highest BCUT2D eigenvalue weighted by atomic mass is 35.5. The molecule has 152 valence electrons. The molecule has 0 saturated carbocycles. The first-order valence-corrected chi connectivity index (χ1v) is 10.6. The standard InChI is InChI=1S/C21H15ClN2O4S2/c1-11(20(27)28)24-19(26)17(30-21(24)29)16-14-4-2-3-5-15(14)23(18(16)25)10-12-6-8-13(22)9-7-12/h2-9,11H,10H2,1H3,(H,27,28)/b17-16-. The van der Waals surface area contributed by atoms with E-state index < -0.39 is 17.9 Å². The number of carboxylic acid groups (broad SMARTS) is 1. The summed E-state index contributed by atoms with van der Waals surface area (Å²) >= 11 is 12.2. The zero-order chi connectivity index (χ0) is 21.6. The molecule has 1 unspecified atom stereocenters. The van der Waals surface area contributed by atoms with Crippen LogP contribution in [0.2, 0.25) is 5.02 Å². The number of nitrogens with zero attached hydrogens (tertiary/aromatic N) is 2. The minimum atomic E-state index is -1.17. The van der Waals surface area contributed by atoms with Gasteiger partial charge in [-0.25, -0.2) is 4.79 Å². The van der Waals surface area contributed by atoms with Gasteiger partial charge in [0.1, 0.15) is 10.4 Å². The van der Waals surface area contributed by atoms with E-state index in [1.165, 1.54) is 6.92 Å². The second kappa shape index (κ2) is 7.86. The van der Waals surface area contributed by atoms with Crippen molar-refractivity contribution in [1.29, 1.82) is 0 Å². The second-order valence-electron chi connectivity index (χ2n) is 6.80. The monoisotopic (exact) mass is 458 g/mol. The van der Waals surface area contributed by atoms with E-state index in [2.05, 4.69) is 0 Å². The molecule has 4 rings (SSSR count). The van der Waals surface area contributed by atoms with Crippen LogP contribution in [0, 0.1) is 0 Å². The number of anilines is 1. The molecule has 0 radical (unpaired) electrons. The smallest absolute Gasteiger partial charge is 0.326 e. The summed E-state index contributed by atoms with van der Waals surface area (Å²) in [6.07, 6.45) is 0. The van der Waals surface area contributed by atoms with Crippen molar-refractivity contribution in [2.45, 2.75) is 19.5 Å². The number of aliphatic carboxylic acids is 1. The number of amides is 2.